The third-order valence-electron chi connectivity index (χ3n) is 3.52. The molecule has 0 aromatic carbocycles. The Kier molecular flexibility index (Phi) is 6.87. The second-order valence-electron chi connectivity index (χ2n) is 4.94. The second-order valence-corrected chi connectivity index (χ2v) is 4.94. The number of nitrogens with two attached hydrogens (primary N) is 1. The van der Waals surface area contributed by atoms with E-state index in [4.69, 9.17) is 5.73 Å². The summed E-state index contributed by atoms with van der Waals surface area (Å²) in [5.41, 5.74) is 7.55. The predicted molar refractivity (Wildman–Crippen MR) is 74.0 cm³/mol. The monoisotopic (exact) mass is 234 g/mol. The van der Waals surface area contributed by atoms with Gasteiger partial charge in [-0.3, -0.25) is 4.98 Å². The number of unbranched alkanes of at least 4 members (excludes halogenated alkanes) is 4. The van der Waals surface area contributed by atoms with E-state index in [2.05, 4.69) is 31.0 Å². The van der Waals surface area contributed by atoms with Crippen molar-refractivity contribution in [2.24, 2.45) is 5.73 Å². The molecule has 0 bridgehead atoms. The van der Waals surface area contributed by atoms with Gasteiger partial charge in [-0.2, -0.15) is 0 Å². The highest BCUT2D eigenvalue weighted by Crippen LogP contribution is 2.20. The largest absolute Gasteiger partial charge is 0.327 e. The fraction of sp³-hybridized carbons (Fsp3) is 0.667. The lowest BCUT2D eigenvalue weighted by atomic mass is 9.91. The standard InChI is InChI=1S/C15H26N2/c1-3-4-5-6-7-8-15(16)13(2)14-9-11-17-12-10-14/h9-13,15H,3-8,16H2,1-2H3. The molecule has 1 rings (SSSR count). The molecular formula is C15H26N2. The maximum Gasteiger partial charge on any atom is 0.0270 e. The number of pyridine rings is 1. The highest BCUT2D eigenvalue weighted by molar-refractivity contribution is 5.16. The summed E-state index contributed by atoms with van der Waals surface area (Å²) in [6.45, 7) is 4.46. The number of nitrogens with zero attached hydrogens (tertiary/aromatic N) is 1. The molecule has 2 heteroatoms. The van der Waals surface area contributed by atoms with Crippen molar-refractivity contribution in [3.05, 3.63) is 30.1 Å². The van der Waals surface area contributed by atoms with Crippen LogP contribution in [0.3, 0.4) is 0 Å². The van der Waals surface area contributed by atoms with Gasteiger partial charge < -0.3 is 5.73 Å². The minimum Gasteiger partial charge on any atom is -0.327 e. The van der Waals surface area contributed by atoms with Crippen LogP contribution in [-0.4, -0.2) is 11.0 Å². The topological polar surface area (TPSA) is 38.9 Å². The number of aromatic nitrogens is 1. The van der Waals surface area contributed by atoms with E-state index in [9.17, 15) is 0 Å². The molecule has 2 N–H and O–H groups in total. The molecule has 2 atom stereocenters. The van der Waals surface area contributed by atoms with Crippen LogP contribution >= 0.6 is 0 Å². The molecule has 2 unspecified atom stereocenters. The quantitative estimate of drug-likeness (QED) is 0.693. The van der Waals surface area contributed by atoms with Gasteiger partial charge >= 0.3 is 0 Å². The van der Waals surface area contributed by atoms with Crippen molar-refractivity contribution in [2.45, 2.75) is 64.3 Å². The minimum absolute atomic E-state index is 0.277. The fourth-order valence-corrected chi connectivity index (χ4v) is 2.15. The van der Waals surface area contributed by atoms with Gasteiger partial charge in [-0.05, 0) is 30.0 Å². The fourth-order valence-electron chi connectivity index (χ4n) is 2.15. The van der Waals surface area contributed by atoms with Gasteiger partial charge in [0.05, 0.1) is 0 Å². The first kappa shape index (κ1) is 14.2. The zero-order chi connectivity index (χ0) is 12.5. The number of rotatable bonds is 8. The molecule has 0 spiro atoms. The van der Waals surface area contributed by atoms with E-state index in [1.807, 2.05) is 12.4 Å². The van der Waals surface area contributed by atoms with Gasteiger partial charge in [0.1, 0.15) is 0 Å². The van der Waals surface area contributed by atoms with Crippen LogP contribution in [0, 0.1) is 0 Å². The van der Waals surface area contributed by atoms with Crippen molar-refractivity contribution in [2.75, 3.05) is 0 Å². The van der Waals surface area contributed by atoms with Crippen molar-refractivity contribution in [1.82, 2.24) is 4.98 Å². The van der Waals surface area contributed by atoms with E-state index < -0.39 is 0 Å². The molecule has 1 heterocycles. The van der Waals surface area contributed by atoms with E-state index in [1.165, 1.54) is 37.7 Å². The molecule has 0 amide bonds. The van der Waals surface area contributed by atoms with Crippen molar-refractivity contribution >= 4 is 0 Å². The predicted octanol–water partition coefficient (Wildman–Crippen LogP) is 3.87. The molecule has 2 nitrogen and oxygen atoms in total. The lowest BCUT2D eigenvalue weighted by molar-refractivity contribution is 0.489. The highest BCUT2D eigenvalue weighted by atomic mass is 14.6. The Hall–Kier alpha value is -0.890. The Morgan fingerprint density at radius 1 is 1.12 bits per heavy atom. The lowest BCUT2D eigenvalue weighted by Gasteiger charge is -2.20. The average molecular weight is 234 g/mol. The van der Waals surface area contributed by atoms with Gasteiger partial charge in [-0.1, -0.05) is 46.0 Å². The Bertz CT molecular complexity index is 284. The lowest BCUT2D eigenvalue weighted by Crippen LogP contribution is -2.26. The third kappa shape index (κ3) is 5.31. The first-order valence-electron chi connectivity index (χ1n) is 6.91. The molecule has 1 aromatic rings. The normalized spacial score (nSPS) is 14.5. The first-order chi connectivity index (χ1) is 8.25. The van der Waals surface area contributed by atoms with Crippen LogP contribution in [0.2, 0.25) is 0 Å². The summed E-state index contributed by atoms with van der Waals surface area (Å²) in [5, 5.41) is 0. The van der Waals surface area contributed by atoms with Gasteiger partial charge in [-0.25, -0.2) is 0 Å². The SMILES string of the molecule is CCCCCCCC(N)C(C)c1ccncc1. The van der Waals surface area contributed by atoms with Crippen LogP contribution in [0.4, 0.5) is 0 Å². The number of hydrogen-bond acceptors (Lipinski definition) is 2. The molecule has 96 valence electrons. The molecule has 0 saturated heterocycles. The van der Waals surface area contributed by atoms with Crippen molar-refractivity contribution in [3.8, 4) is 0 Å². The third-order valence-corrected chi connectivity index (χ3v) is 3.52. The van der Waals surface area contributed by atoms with Crippen LogP contribution in [0.15, 0.2) is 24.5 Å². The zero-order valence-electron chi connectivity index (χ0n) is 11.2. The molecule has 0 radical (unpaired) electrons. The highest BCUT2D eigenvalue weighted by Gasteiger charge is 2.13. The molecule has 0 saturated carbocycles. The van der Waals surface area contributed by atoms with Gasteiger partial charge in [0.25, 0.3) is 0 Å². The van der Waals surface area contributed by atoms with Crippen molar-refractivity contribution < 1.29 is 0 Å². The Balaban J connectivity index is 2.25. The van der Waals surface area contributed by atoms with Gasteiger partial charge in [0, 0.05) is 18.4 Å². The molecule has 1 aromatic heterocycles. The van der Waals surface area contributed by atoms with E-state index in [1.54, 1.807) is 0 Å². The van der Waals surface area contributed by atoms with Crippen LogP contribution in [0.5, 0.6) is 0 Å². The van der Waals surface area contributed by atoms with Gasteiger partial charge in [0.2, 0.25) is 0 Å². The van der Waals surface area contributed by atoms with Gasteiger partial charge in [0.15, 0.2) is 0 Å². The van der Waals surface area contributed by atoms with Crippen molar-refractivity contribution in [3.63, 3.8) is 0 Å². The maximum atomic E-state index is 6.24. The molecule has 0 aliphatic carbocycles. The summed E-state index contributed by atoms with van der Waals surface area (Å²) >= 11 is 0. The summed E-state index contributed by atoms with van der Waals surface area (Å²) in [4.78, 5) is 4.04. The summed E-state index contributed by atoms with van der Waals surface area (Å²) < 4.78 is 0. The van der Waals surface area contributed by atoms with E-state index >= 15 is 0 Å². The first-order valence-corrected chi connectivity index (χ1v) is 6.91. The van der Waals surface area contributed by atoms with Crippen LogP contribution in [0.25, 0.3) is 0 Å². The second kappa shape index (κ2) is 8.24. The molecule has 0 aliphatic heterocycles. The van der Waals surface area contributed by atoms with E-state index in [0.29, 0.717) is 5.92 Å². The number of hydrogen-bond donors (Lipinski definition) is 1. The average Bonchev–Trinajstić information content (AvgIpc) is 2.38. The molecule has 0 fully saturated rings. The summed E-state index contributed by atoms with van der Waals surface area (Å²) in [5.74, 6) is 0.434. The summed E-state index contributed by atoms with van der Waals surface area (Å²) in [6.07, 6.45) is 11.4. The molecule has 0 aliphatic rings. The van der Waals surface area contributed by atoms with Crippen LogP contribution in [0.1, 0.15) is 63.9 Å². The molecule has 17 heavy (non-hydrogen) atoms. The maximum absolute atomic E-state index is 6.24. The van der Waals surface area contributed by atoms with E-state index in [-0.39, 0.29) is 6.04 Å². The zero-order valence-corrected chi connectivity index (χ0v) is 11.2. The summed E-state index contributed by atoms with van der Waals surface area (Å²) in [7, 11) is 0. The molecular weight excluding hydrogens is 208 g/mol. The van der Waals surface area contributed by atoms with Gasteiger partial charge in [-0.15, -0.1) is 0 Å². The van der Waals surface area contributed by atoms with E-state index in [0.717, 1.165) is 6.42 Å². The minimum atomic E-state index is 0.277. The Morgan fingerprint density at radius 2 is 1.76 bits per heavy atom. The van der Waals surface area contributed by atoms with Crippen molar-refractivity contribution in [1.29, 1.82) is 0 Å². The summed E-state index contributed by atoms with van der Waals surface area (Å²) in [6, 6.07) is 4.42. The Morgan fingerprint density at radius 3 is 2.41 bits per heavy atom. The van der Waals surface area contributed by atoms with Crippen LogP contribution in [-0.2, 0) is 0 Å². The van der Waals surface area contributed by atoms with Crippen LogP contribution < -0.4 is 5.73 Å². The Labute approximate surface area is 106 Å². The smallest absolute Gasteiger partial charge is 0.0270 e.